The van der Waals surface area contributed by atoms with Gasteiger partial charge in [-0.2, -0.15) is 4.99 Å². The Balaban J connectivity index is 2.19. The van der Waals surface area contributed by atoms with Crippen LogP contribution in [-0.2, 0) is 16.4 Å². The fourth-order valence-corrected chi connectivity index (χ4v) is 5.16. The number of fused-ring (bicyclic) bond motifs is 1. The van der Waals surface area contributed by atoms with Crippen LogP contribution in [0.5, 0.6) is 5.75 Å². The van der Waals surface area contributed by atoms with Crippen LogP contribution in [0.1, 0.15) is 31.1 Å². The zero-order valence-corrected chi connectivity index (χ0v) is 17.6. The van der Waals surface area contributed by atoms with E-state index in [1.807, 2.05) is 36.6 Å². The summed E-state index contributed by atoms with van der Waals surface area (Å²) in [6, 6.07) is 12.0. The highest BCUT2D eigenvalue weighted by atomic mass is 32.2. The van der Waals surface area contributed by atoms with Gasteiger partial charge in [0.1, 0.15) is 11.3 Å². The van der Waals surface area contributed by atoms with Crippen LogP contribution in [0.15, 0.2) is 52.4 Å². The quantitative estimate of drug-likeness (QED) is 0.612. The Bertz CT molecular complexity index is 1190. The van der Waals surface area contributed by atoms with Crippen LogP contribution in [0.25, 0.3) is 10.2 Å². The predicted molar refractivity (Wildman–Crippen MR) is 111 cm³/mol. The van der Waals surface area contributed by atoms with E-state index in [4.69, 9.17) is 4.74 Å². The minimum Gasteiger partial charge on any atom is -0.492 e. The molecule has 0 aliphatic carbocycles. The molecule has 0 spiro atoms. The molecule has 0 saturated heterocycles. The standard InChI is InChI=1S/C20H22N2O4S2/c1-4-22-18-15(26-5-2)11-9-12-16(18)27-20(22)21-19(23)14-10-7-8-13-17(14)28(24,25)6-3/h7-13H,4-6H2,1-3H3. The first-order valence-corrected chi connectivity index (χ1v) is 11.6. The molecule has 0 N–H and O–H groups in total. The Labute approximate surface area is 168 Å². The van der Waals surface area contributed by atoms with Crippen molar-refractivity contribution in [2.75, 3.05) is 12.4 Å². The number of aromatic nitrogens is 1. The first-order valence-electron chi connectivity index (χ1n) is 9.08. The van der Waals surface area contributed by atoms with Crippen LogP contribution in [0.2, 0.25) is 0 Å². The highest BCUT2D eigenvalue weighted by Crippen LogP contribution is 2.27. The third-order valence-electron chi connectivity index (χ3n) is 4.31. The van der Waals surface area contributed by atoms with E-state index < -0.39 is 15.7 Å². The summed E-state index contributed by atoms with van der Waals surface area (Å²) in [6.07, 6.45) is 0. The Morgan fingerprint density at radius 3 is 2.54 bits per heavy atom. The molecule has 0 atom stereocenters. The van der Waals surface area contributed by atoms with Crippen molar-refractivity contribution < 1.29 is 17.9 Å². The number of nitrogens with zero attached hydrogens (tertiary/aromatic N) is 2. The lowest BCUT2D eigenvalue weighted by Crippen LogP contribution is -2.17. The molecule has 3 rings (SSSR count). The maximum Gasteiger partial charge on any atom is 0.280 e. The molecule has 1 heterocycles. The highest BCUT2D eigenvalue weighted by molar-refractivity contribution is 7.91. The first-order chi connectivity index (χ1) is 13.4. The second-order valence-electron chi connectivity index (χ2n) is 5.98. The number of carbonyl (C=O) groups is 1. The molecule has 148 valence electrons. The maximum atomic E-state index is 12.9. The van der Waals surface area contributed by atoms with Crippen LogP contribution in [-0.4, -0.2) is 31.3 Å². The van der Waals surface area contributed by atoms with Crippen molar-refractivity contribution in [3.8, 4) is 5.75 Å². The summed E-state index contributed by atoms with van der Waals surface area (Å²) in [5.41, 5.74) is 0.979. The summed E-state index contributed by atoms with van der Waals surface area (Å²) < 4.78 is 33.3. The fraction of sp³-hybridized carbons (Fsp3) is 0.300. The minimum absolute atomic E-state index is 0.0189. The lowest BCUT2D eigenvalue weighted by atomic mass is 10.2. The molecule has 0 unspecified atom stereocenters. The zero-order chi connectivity index (χ0) is 20.3. The second kappa shape index (κ2) is 8.28. The Morgan fingerprint density at radius 1 is 1.11 bits per heavy atom. The van der Waals surface area contributed by atoms with Gasteiger partial charge in [0.2, 0.25) is 0 Å². The fourth-order valence-electron chi connectivity index (χ4n) is 2.97. The van der Waals surface area contributed by atoms with E-state index in [-0.39, 0.29) is 16.2 Å². The topological polar surface area (TPSA) is 77.7 Å². The average molecular weight is 419 g/mol. The van der Waals surface area contributed by atoms with E-state index in [9.17, 15) is 13.2 Å². The molecule has 3 aromatic rings. The number of ether oxygens (including phenoxy) is 1. The minimum atomic E-state index is -3.52. The van der Waals surface area contributed by atoms with Crippen molar-refractivity contribution in [3.63, 3.8) is 0 Å². The van der Waals surface area contributed by atoms with E-state index in [1.165, 1.54) is 23.5 Å². The molecular weight excluding hydrogens is 396 g/mol. The molecule has 1 amide bonds. The van der Waals surface area contributed by atoms with Gasteiger partial charge in [-0.3, -0.25) is 4.79 Å². The number of rotatable bonds is 6. The van der Waals surface area contributed by atoms with E-state index >= 15 is 0 Å². The van der Waals surface area contributed by atoms with Crippen molar-refractivity contribution in [1.82, 2.24) is 4.57 Å². The Kier molecular flexibility index (Phi) is 6.00. The molecule has 0 aliphatic heterocycles. The van der Waals surface area contributed by atoms with Gasteiger partial charge in [0.15, 0.2) is 14.6 Å². The van der Waals surface area contributed by atoms with Gasteiger partial charge in [0, 0.05) is 6.54 Å². The number of hydrogen-bond acceptors (Lipinski definition) is 5. The van der Waals surface area contributed by atoms with Crippen LogP contribution < -0.4 is 9.54 Å². The molecular formula is C20H22N2O4S2. The van der Waals surface area contributed by atoms with Gasteiger partial charge in [-0.15, -0.1) is 0 Å². The van der Waals surface area contributed by atoms with Crippen molar-refractivity contribution in [1.29, 1.82) is 0 Å². The molecule has 0 fully saturated rings. The molecule has 2 aromatic carbocycles. The van der Waals surface area contributed by atoms with Gasteiger partial charge in [-0.25, -0.2) is 8.42 Å². The maximum absolute atomic E-state index is 12.9. The summed E-state index contributed by atoms with van der Waals surface area (Å²) in [5, 5.41) is 0. The molecule has 0 aliphatic rings. The highest BCUT2D eigenvalue weighted by Gasteiger charge is 2.21. The molecule has 6 nitrogen and oxygen atoms in total. The predicted octanol–water partition coefficient (Wildman–Crippen LogP) is 3.66. The monoisotopic (exact) mass is 418 g/mol. The van der Waals surface area contributed by atoms with Gasteiger partial charge in [-0.1, -0.05) is 36.5 Å². The van der Waals surface area contributed by atoms with Crippen LogP contribution >= 0.6 is 11.3 Å². The third-order valence-corrected chi connectivity index (χ3v) is 7.14. The normalized spacial score (nSPS) is 12.5. The third kappa shape index (κ3) is 3.74. The number of amides is 1. The summed E-state index contributed by atoms with van der Waals surface area (Å²) in [4.78, 5) is 17.7. The second-order valence-corrected chi connectivity index (χ2v) is 9.24. The number of sulfone groups is 1. The molecule has 0 bridgehead atoms. The number of thiazole rings is 1. The molecule has 8 heteroatoms. The lowest BCUT2D eigenvalue weighted by molar-refractivity contribution is 0.0994. The average Bonchev–Trinajstić information content (AvgIpc) is 3.06. The van der Waals surface area contributed by atoms with Crippen molar-refractivity contribution in [3.05, 3.63) is 52.8 Å². The molecule has 0 radical (unpaired) electrons. The van der Waals surface area contributed by atoms with Crippen LogP contribution in [0, 0.1) is 0 Å². The Hall–Kier alpha value is -2.45. The van der Waals surface area contributed by atoms with Gasteiger partial charge >= 0.3 is 0 Å². The Morgan fingerprint density at radius 2 is 1.86 bits per heavy atom. The summed E-state index contributed by atoms with van der Waals surface area (Å²) in [5.74, 6) is 0.0904. The lowest BCUT2D eigenvalue weighted by Gasteiger charge is -2.08. The number of carbonyl (C=O) groups excluding carboxylic acids is 1. The van der Waals surface area contributed by atoms with Crippen molar-refractivity contribution in [2.24, 2.45) is 4.99 Å². The summed E-state index contributed by atoms with van der Waals surface area (Å²) in [6.45, 7) is 6.58. The largest absolute Gasteiger partial charge is 0.492 e. The molecule has 28 heavy (non-hydrogen) atoms. The number of benzene rings is 2. The summed E-state index contributed by atoms with van der Waals surface area (Å²) >= 11 is 1.38. The van der Waals surface area contributed by atoms with Crippen molar-refractivity contribution in [2.45, 2.75) is 32.2 Å². The van der Waals surface area contributed by atoms with E-state index in [2.05, 4.69) is 4.99 Å². The number of hydrogen-bond donors (Lipinski definition) is 0. The van der Waals surface area contributed by atoms with Gasteiger partial charge in [0.25, 0.3) is 5.91 Å². The van der Waals surface area contributed by atoms with Gasteiger partial charge in [0.05, 0.1) is 27.5 Å². The number of para-hydroxylation sites is 1. The van der Waals surface area contributed by atoms with E-state index in [0.29, 0.717) is 18.0 Å². The van der Waals surface area contributed by atoms with Crippen molar-refractivity contribution >= 4 is 37.3 Å². The van der Waals surface area contributed by atoms with E-state index in [1.54, 1.807) is 19.1 Å². The molecule has 1 aromatic heterocycles. The van der Waals surface area contributed by atoms with Crippen LogP contribution in [0.4, 0.5) is 0 Å². The smallest absolute Gasteiger partial charge is 0.280 e. The SMILES string of the molecule is CCOc1cccc2sc(=NC(=O)c3ccccc3S(=O)(=O)CC)n(CC)c12. The zero-order valence-electron chi connectivity index (χ0n) is 16.0. The van der Waals surface area contributed by atoms with Gasteiger partial charge in [-0.05, 0) is 38.1 Å². The van der Waals surface area contributed by atoms with Crippen LogP contribution in [0.3, 0.4) is 0 Å². The van der Waals surface area contributed by atoms with E-state index in [0.717, 1.165) is 16.0 Å². The first kappa shape index (κ1) is 20.3. The van der Waals surface area contributed by atoms with Gasteiger partial charge < -0.3 is 9.30 Å². The molecule has 0 saturated carbocycles. The summed E-state index contributed by atoms with van der Waals surface area (Å²) in [7, 11) is -3.52. The number of aryl methyl sites for hydroxylation is 1.